The first-order valence-electron chi connectivity index (χ1n) is 7.93. The summed E-state index contributed by atoms with van der Waals surface area (Å²) in [6.45, 7) is 2.85. The highest BCUT2D eigenvalue weighted by Gasteiger charge is 2.10. The van der Waals surface area contributed by atoms with E-state index in [1.54, 1.807) is 23.5 Å². The molecule has 0 N–H and O–H groups in total. The summed E-state index contributed by atoms with van der Waals surface area (Å²) >= 11 is 1.58. The van der Waals surface area contributed by atoms with E-state index in [-0.39, 0.29) is 5.91 Å². The van der Waals surface area contributed by atoms with Gasteiger partial charge in [0.25, 0.3) is 5.91 Å². The van der Waals surface area contributed by atoms with E-state index in [0.717, 1.165) is 16.9 Å². The maximum Gasteiger partial charge on any atom is 0.279 e. The number of amides is 1. The van der Waals surface area contributed by atoms with E-state index < -0.39 is 0 Å². The maximum absolute atomic E-state index is 12.4. The van der Waals surface area contributed by atoms with Gasteiger partial charge in [0.2, 0.25) is 0 Å². The van der Waals surface area contributed by atoms with Crippen molar-refractivity contribution >= 4 is 38.2 Å². The molecule has 0 atom stereocenters. The zero-order valence-corrected chi connectivity index (χ0v) is 14.1. The zero-order chi connectivity index (χ0) is 16.5. The largest absolute Gasteiger partial charge is 0.317 e. The van der Waals surface area contributed by atoms with Crippen LogP contribution in [0.15, 0.2) is 71.7 Å². The second-order valence-electron chi connectivity index (χ2n) is 5.55. The molecule has 0 bridgehead atoms. The van der Waals surface area contributed by atoms with Gasteiger partial charge in [0.05, 0.1) is 10.2 Å². The Morgan fingerprint density at radius 2 is 1.75 bits per heavy atom. The lowest BCUT2D eigenvalue weighted by Gasteiger charge is -2.02. The van der Waals surface area contributed by atoms with Gasteiger partial charge in [0, 0.05) is 17.5 Å². The van der Waals surface area contributed by atoms with Gasteiger partial charge in [0.1, 0.15) is 0 Å². The number of benzene rings is 3. The van der Waals surface area contributed by atoms with Gasteiger partial charge >= 0.3 is 0 Å². The number of aryl methyl sites for hydroxylation is 1. The Labute approximate surface area is 143 Å². The Bertz CT molecular complexity index is 1110. The molecule has 0 saturated carbocycles. The Morgan fingerprint density at radius 1 is 1.00 bits per heavy atom. The summed E-state index contributed by atoms with van der Waals surface area (Å²) < 4.78 is 3.28. The number of carbonyl (C=O) groups is 1. The van der Waals surface area contributed by atoms with E-state index >= 15 is 0 Å². The van der Waals surface area contributed by atoms with Crippen molar-refractivity contribution in [2.45, 2.75) is 13.5 Å². The molecule has 0 unspecified atom stereocenters. The van der Waals surface area contributed by atoms with E-state index in [9.17, 15) is 4.79 Å². The molecule has 0 aliphatic carbocycles. The lowest BCUT2D eigenvalue weighted by atomic mass is 10.1. The molecular formula is C20H16N2OS. The van der Waals surface area contributed by atoms with Crippen LogP contribution in [0.25, 0.3) is 21.0 Å². The SMILES string of the molecule is CCn1c(=NC(=O)c2ccccc2)sc2c3ccccc3ccc21. The van der Waals surface area contributed by atoms with Crippen LogP contribution < -0.4 is 4.80 Å². The number of thiazole rings is 1. The van der Waals surface area contributed by atoms with Gasteiger partial charge in [-0.25, -0.2) is 0 Å². The molecule has 1 amide bonds. The van der Waals surface area contributed by atoms with E-state index in [4.69, 9.17) is 0 Å². The lowest BCUT2D eigenvalue weighted by molar-refractivity contribution is 0.0998. The Balaban J connectivity index is 1.97. The number of hydrogen-bond acceptors (Lipinski definition) is 2. The summed E-state index contributed by atoms with van der Waals surface area (Å²) in [5.41, 5.74) is 1.74. The number of rotatable bonds is 2. The van der Waals surface area contributed by atoms with Crippen LogP contribution in [0.3, 0.4) is 0 Å². The standard InChI is InChI=1S/C20H16N2OS/c1-2-22-17-13-12-14-8-6-7-11-16(14)18(17)24-20(22)21-19(23)15-9-4-3-5-10-15/h3-13H,2H2,1H3. The molecule has 4 rings (SSSR count). The Morgan fingerprint density at radius 3 is 2.54 bits per heavy atom. The smallest absolute Gasteiger partial charge is 0.279 e. The second kappa shape index (κ2) is 6.06. The number of hydrogen-bond donors (Lipinski definition) is 0. The van der Waals surface area contributed by atoms with Crippen LogP contribution in [-0.2, 0) is 6.54 Å². The number of fused-ring (bicyclic) bond motifs is 3. The van der Waals surface area contributed by atoms with Gasteiger partial charge in [-0.2, -0.15) is 4.99 Å². The van der Waals surface area contributed by atoms with E-state index in [0.29, 0.717) is 5.56 Å². The van der Waals surface area contributed by atoms with Gasteiger partial charge in [-0.05, 0) is 30.5 Å². The summed E-state index contributed by atoms with van der Waals surface area (Å²) in [6.07, 6.45) is 0. The third-order valence-electron chi connectivity index (χ3n) is 4.11. The summed E-state index contributed by atoms with van der Waals surface area (Å²) in [5.74, 6) is -0.200. The van der Waals surface area contributed by atoms with Gasteiger partial charge in [-0.1, -0.05) is 59.9 Å². The topological polar surface area (TPSA) is 34.4 Å². The monoisotopic (exact) mass is 332 g/mol. The first-order chi connectivity index (χ1) is 11.8. The van der Waals surface area contributed by atoms with Gasteiger partial charge in [-0.3, -0.25) is 4.79 Å². The summed E-state index contributed by atoms with van der Waals surface area (Å²) in [5, 5.41) is 2.41. The van der Waals surface area contributed by atoms with E-state index in [1.807, 2.05) is 30.3 Å². The highest BCUT2D eigenvalue weighted by molar-refractivity contribution is 7.17. The first kappa shape index (κ1) is 14.8. The summed E-state index contributed by atoms with van der Waals surface area (Å²) in [7, 11) is 0. The van der Waals surface area contributed by atoms with Crippen LogP contribution in [0.5, 0.6) is 0 Å². The summed E-state index contributed by atoms with van der Waals surface area (Å²) in [4.78, 5) is 17.6. The minimum Gasteiger partial charge on any atom is -0.317 e. The van der Waals surface area contributed by atoms with Gasteiger partial charge in [0.15, 0.2) is 4.80 Å². The fourth-order valence-electron chi connectivity index (χ4n) is 2.92. The van der Waals surface area contributed by atoms with E-state index in [1.165, 1.54) is 15.5 Å². The van der Waals surface area contributed by atoms with Crippen molar-refractivity contribution in [2.24, 2.45) is 4.99 Å². The van der Waals surface area contributed by atoms with Gasteiger partial charge in [-0.15, -0.1) is 0 Å². The van der Waals surface area contributed by atoms with Crippen LogP contribution in [0.1, 0.15) is 17.3 Å². The normalized spacial score (nSPS) is 12.1. The van der Waals surface area contributed by atoms with Gasteiger partial charge < -0.3 is 4.57 Å². The third kappa shape index (κ3) is 2.45. The minimum atomic E-state index is -0.200. The average Bonchev–Trinajstić information content (AvgIpc) is 3.00. The van der Waals surface area contributed by atoms with Crippen LogP contribution in [0, 0.1) is 0 Å². The Kier molecular flexibility index (Phi) is 3.75. The predicted molar refractivity (Wildman–Crippen MR) is 99.3 cm³/mol. The molecule has 24 heavy (non-hydrogen) atoms. The minimum absolute atomic E-state index is 0.200. The molecule has 4 heteroatoms. The number of carbonyl (C=O) groups excluding carboxylic acids is 1. The highest BCUT2D eigenvalue weighted by atomic mass is 32.1. The fraction of sp³-hybridized carbons (Fsp3) is 0.100. The number of nitrogens with zero attached hydrogens (tertiary/aromatic N) is 2. The highest BCUT2D eigenvalue weighted by Crippen LogP contribution is 2.27. The molecule has 1 aromatic heterocycles. The van der Waals surface area contributed by atoms with Crippen molar-refractivity contribution < 1.29 is 4.79 Å². The number of aromatic nitrogens is 1. The third-order valence-corrected chi connectivity index (χ3v) is 5.24. The van der Waals surface area contributed by atoms with Crippen molar-refractivity contribution in [1.29, 1.82) is 0 Å². The molecule has 0 radical (unpaired) electrons. The first-order valence-corrected chi connectivity index (χ1v) is 8.75. The molecule has 0 fully saturated rings. The quantitative estimate of drug-likeness (QED) is 0.527. The zero-order valence-electron chi connectivity index (χ0n) is 13.3. The molecular weight excluding hydrogens is 316 g/mol. The molecule has 3 aromatic carbocycles. The van der Waals surface area contributed by atoms with Crippen LogP contribution in [-0.4, -0.2) is 10.5 Å². The van der Waals surface area contributed by atoms with Crippen molar-refractivity contribution in [2.75, 3.05) is 0 Å². The fourth-order valence-corrected chi connectivity index (χ4v) is 4.15. The van der Waals surface area contributed by atoms with Crippen molar-refractivity contribution in [3.05, 3.63) is 77.1 Å². The lowest BCUT2D eigenvalue weighted by Crippen LogP contribution is -2.15. The van der Waals surface area contributed by atoms with Crippen molar-refractivity contribution in [3.63, 3.8) is 0 Å². The van der Waals surface area contributed by atoms with Crippen LogP contribution >= 0.6 is 11.3 Å². The second-order valence-corrected chi connectivity index (χ2v) is 6.52. The molecule has 118 valence electrons. The summed E-state index contributed by atoms with van der Waals surface area (Å²) in [6, 6.07) is 21.8. The van der Waals surface area contributed by atoms with Crippen molar-refractivity contribution in [1.82, 2.24) is 4.57 Å². The average molecular weight is 332 g/mol. The molecule has 0 spiro atoms. The maximum atomic E-state index is 12.4. The molecule has 1 heterocycles. The van der Waals surface area contributed by atoms with E-state index in [2.05, 4.69) is 40.7 Å². The van der Waals surface area contributed by atoms with Crippen LogP contribution in [0.2, 0.25) is 0 Å². The molecule has 0 aliphatic heterocycles. The van der Waals surface area contributed by atoms with Crippen molar-refractivity contribution in [3.8, 4) is 0 Å². The molecule has 0 saturated heterocycles. The molecule has 4 aromatic rings. The molecule has 0 aliphatic rings. The van der Waals surface area contributed by atoms with Crippen LogP contribution in [0.4, 0.5) is 0 Å². The Hall–Kier alpha value is -2.72. The molecule has 3 nitrogen and oxygen atoms in total. The predicted octanol–water partition coefficient (Wildman–Crippen LogP) is 4.62.